The predicted octanol–water partition coefficient (Wildman–Crippen LogP) is 10.2. The third kappa shape index (κ3) is 18.4. The molecule has 3 heteroatoms. The summed E-state index contributed by atoms with van der Waals surface area (Å²) < 4.78 is 5.79. The monoisotopic (exact) mass is 470 g/mol. The molecule has 0 fully saturated rings. The summed E-state index contributed by atoms with van der Waals surface area (Å²) in [6.45, 7) is 6.78. The Morgan fingerprint density at radius 3 is 1.44 bits per heavy atom. The molecule has 0 amide bonds. The predicted molar refractivity (Wildman–Crippen MR) is 149 cm³/mol. The van der Waals surface area contributed by atoms with E-state index in [-0.39, 0.29) is 0 Å². The molecule has 0 bridgehead atoms. The summed E-state index contributed by atoms with van der Waals surface area (Å²) in [6.07, 6.45) is 32.2. The van der Waals surface area contributed by atoms with Gasteiger partial charge in [-0.1, -0.05) is 123 Å². The van der Waals surface area contributed by atoms with Crippen LogP contribution in [0.4, 0.5) is 0 Å². The summed E-state index contributed by atoms with van der Waals surface area (Å²) in [5.41, 5.74) is 0.583. The van der Waals surface area contributed by atoms with Gasteiger partial charge in [-0.05, 0) is 37.5 Å². The van der Waals surface area contributed by atoms with Crippen LogP contribution in [0.15, 0.2) is 0 Å². The van der Waals surface area contributed by atoms with Gasteiger partial charge in [0.25, 0.3) is 0 Å². The van der Waals surface area contributed by atoms with E-state index in [2.05, 4.69) is 27.1 Å². The van der Waals surface area contributed by atoms with Gasteiger partial charge >= 0.3 is 0 Å². The third-order valence-corrected chi connectivity index (χ3v) is 11.1. The van der Waals surface area contributed by atoms with E-state index in [9.17, 15) is 4.79 Å². The lowest BCUT2D eigenvalue weighted by atomic mass is 10.0. The Morgan fingerprint density at radius 2 is 1.06 bits per heavy atom. The van der Waals surface area contributed by atoms with Crippen molar-refractivity contribution in [3.05, 3.63) is 0 Å². The standard InChI is InChI=1S/C29H59O2P/c1-6-8-9-10-11-12-13-14-15-16-17-18-19-20-22-25-29(30)26-23-21-24-27-32(5,31-4)28(3)7-2/h28H,5-27H2,1-4H3. The van der Waals surface area contributed by atoms with Crippen LogP contribution in [0.25, 0.3) is 0 Å². The van der Waals surface area contributed by atoms with Crippen LogP contribution in [0.1, 0.15) is 156 Å². The lowest BCUT2D eigenvalue weighted by Gasteiger charge is -2.28. The first-order chi connectivity index (χ1) is 15.5. The Morgan fingerprint density at radius 1 is 0.688 bits per heavy atom. The molecule has 0 saturated heterocycles. The van der Waals surface area contributed by atoms with Gasteiger partial charge < -0.3 is 4.52 Å². The fraction of sp³-hybridized carbons (Fsp3) is 0.931. The quantitative estimate of drug-likeness (QED) is 0.0979. The van der Waals surface area contributed by atoms with Crippen LogP contribution >= 0.6 is 7.11 Å². The highest BCUT2D eigenvalue weighted by atomic mass is 31.2. The van der Waals surface area contributed by atoms with Crippen molar-refractivity contribution in [1.29, 1.82) is 0 Å². The maximum absolute atomic E-state index is 12.1. The molecular formula is C29H59O2P. The smallest absolute Gasteiger partial charge is 0.132 e. The van der Waals surface area contributed by atoms with Crippen LogP contribution in [0.3, 0.4) is 0 Å². The second-order valence-electron chi connectivity index (χ2n) is 10.2. The van der Waals surface area contributed by atoms with Crippen molar-refractivity contribution in [1.82, 2.24) is 0 Å². The Hall–Kier alpha value is -0.0700. The van der Waals surface area contributed by atoms with Crippen molar-refractivity contribution >= 4 is 19.2 Å². The highest BCUT2D eigenvalue weighted by Gasteiger charge is 2.19. The van der Waals surface area contributed by atoms with E-state index < -0.39 is 7.11 Å². The normalized spacial score (nSPS) is 14.4. The summed E-state index contributed by atoms with van der Waals surface area (Å²) >= 11 is 0. The van der Waals surface area contributed by atoms with Gasteiger partial charge in [-0.25, -0.2) is 0 Å². The molecule has 0 aromatic carbocycles. The molecule has 2 unspecified atom stereocenters. The molecule has 192 valence electrons. The zero-order chi connectivity index (χ0) is 23.9. The Labute approximate surface area is 203 Å². The van der Waals surface area contributed by atoms with E-state index in [1.165, 1.54) is 89.9 Å². The summed E-state index contributed by atoms with van der Waals surface area (Å²) in [4.78, 5) is 12.1. The number of Topliss-reactive ketones (excluding diaryl/α,β-unsaturated/α-hetero) is 1. The van der Waals surface area contributed by atoms with E-state index in [1.807, 2.05) is 7.11 Å². The molecule has 0 spiro atoms. The Kier molecular flexibility index (Phi) is 22.7. The molecule has 0 saturated carbocycles. The van der Waals surface area contributed by atoms with E-state index in [0.29, 0.717) is 11.4 Å². The number of hydrogen-bond donors (Lipinski definition) is 0. The first-order valence-electron chi connectivity index (χ1n) is 14.3. The summed E-state index contributed by atoms with van der Waals surface area (Å²) in [5, 5.41) is 0. The lowest BCUT2D eigenvalue weighted by Crippen LogP contribution is -2.08. The van der Waals surface area contributed by atoms with Gasteiger partial charge in [0.15, 0.2) is 0 Å². The molecule has 32 heavy (non-hydrogen) atoms. The molecule has 2 atom stereocenters. The van der Waals surface area contributed by atoms with Crippen LogP contribution < -0.4 is 0 Å². The second kappa shape index (κ2) is 22.7. The molecule has 0 aliphatic rings. The van der Waals surface area contributed by atoms with Crippen LogP contribution in [0.2, 0.25) is 0 Å². The number of unbranched alkanes of at least 4 members (excludes halogenated alkanes) is 16. The summed E-state index contributed by atoms with van der Waals surface area (Å²) in [6, 6.07) is 0. The fourth-order valence-electron chi connectivity index (χ4n) is 4.52. The van der Waals surface area contributed by atoms with Gasteiger partial charge in [-0.15, -0.1) is 0 Å². The first kappa shape index (κ1) is 31.9. The zero-order valence-corrected chi connectivity index (χ0v) is 23.5. The van der Waals surface area contributed by atoms with Crippen LogP contribution in [0, 0.1) is 0 Å². The average Bonchev–Trinajstić information content (AvgIpc) is 2.80. The SMILES string of the molecule is C=P(CCCCCC(=O)CCCCCCCCCCCCCCCCC)(OC)C(C)CC. The van der Waals surface area contributed by atoms with Crippen LogP contribution in [0.5, 0.6) is 0 Å². The molecule has 0 aliphatic carbocycles. The van der Waals surface area contributed by atoms with E-state index >= 15 is 0 Å². The number of rotatable bonds is 25. The average molecular weight is 471 g/mol. The number of ketones is 1. The van der Waals surface area contributed by atoms with Crippen molar-refractivity contribution in [2.24, 2.45) is 0 Å². The summed E-state index contributed by atoms with van der Waals surface area (Å²) in [5.74, 6) is 0.476. The number of carbonyl (C=O) groups excluding carboxylic acids is 1. The van der Waals surface area contributed by atoms with E-state index in [0.717, 1.165) is 51.1 Å². The lowest BCUT2D eigenvalue weighted by molar-refractivity contribution is -0.119. The van der Waals surface area contributed by atoms with E-state index in [1.54, 1.807) is 0 Å². The van der Waals surface area contributed by atoms with Gasteiger partial charge in [0.1, 0.15) is 5.78 Å². The molecular weight excluding hydrogens is 411 g/mol. The van der Waals surface area contributed by atoms with Crippen molar-refractivity contribution in [2.75, 3.05) is 13.3 Å². The number of carbonyl (C=O) groups is 1. The van der Waals surface area contributed by atoms with Crippen molar-refractivity contribution in [3.8, 4) is 0 Å². The van der Waals surface area contributed by atoms with Gasteiger partial charge in [-0.2, -0.15) is 0 Å². The highest BCUT2D eigenvalue weighted by molar-refractivity contribution is 7.69. The van der Waals surface area contributed by atoms with Crippen molar-refractivity contribution in [2.45, 2.75) is 161 Å². The molecule has 0 heterocycles. The summed E-state index contributed by atoms with van der Waals surface area (Å²) in [7, 11) is 0.341. The fourth-order valence-corrected chi connectivity index (χ4v) is 6.93. The van der Waals surface area contributed by atoms with Crippen molar-refractivity contribution < 1.29 is 9.32 Å². The highest BCUT2D eigenvalue weighted by Crippen LogP contribution is 2.52. The van der Waals surface area contributed by atoms with Crippen molar-refractivity contribution in [3.63, 3.8) is 0 Å². The molecule has 0 N–H and O–H groups in total. The Bertz CT molecular complexity index is 460. The second-order valence-corrected chi connectivity index (χ2v) is 13.8. The minimum atomic E-state index is -1.49. The number of hydrogen-bond acceptors (Lipinski definition) is 2. The molecule has 0 aromatic heterocycles. The molecule has 0 aliphatic heterocycles. The minimum absolute atomic E-state index is 0.476. The van der Waals surface area contributed by atoms with Gasteiger partial charge in [-0.3, -0.25) is 4.79 Å². The zero-order valence-electron chi connectivity index (χ0n) is 22.6. The first-order valence-corrected chi connectivity index (χ1v) is 16.4. The molecule has 2 nitrogen and oxygen atoms in total. The van der Waals surface area contributed by atoms with Gasteiger partial charge in [0, 0.05) is 27.1 Å². The maximum Gasteiger partial charge on any atom is 0.132 e. The minimum Gasteiger partial charge on any atom is -0.365 e. The van der Waals surface area contributed by atoms with Gasteiger partial charge in [0.2, 0.25) is 0 Å². The Balaban J connectivity index is 3.39. The van der Waals surface area contributed by atoms with Gasteiger partial charge in [0.05, 0.1) is 0 Å². The maximum atomic E-state index is 12.1. The molecule has 0 aromatic rings. The largest absolute Gasteiger partial charge is 0.365 e. The third-order valence-electron chi connectivity index (χ3n) is 7.31. The molecule has 0 radical (unpaired) electrons. The van der Waals surface area contributed by atoms with Crippen LogP contribution in [-0.4, -0.2) is 31.0 Å². The molecule has 0 rings (SSSR count). The van der Waals surface area contributed by atoms with Crippen LogP contribution in [-0.2, 0) is 9.32 Å². The topological polar surface area (TPSA) is 26.3 Å². The van der Waals surface area contributed by atoms with E-state index in [4.69, 9.17) is 4.52 Å².